The number of hydrogen-bond donors (Lipinski definition) is 1. The SMILES string of the molecule is COc1cc(-n2nc(Cl)cc2-c2ccc(S(=O)(=O)CCCO)cc2)ccc1Cl. The van der Waals surface area contributed by atoms with Crippen LogP contribution >= 0.6 is 23.2 Å². The highest BCUT2D eigenvalue weighted by Crippen LogP contribution is 2.31. The van der Waals surface area contributed by atoms with E-state index in [1.807, 2.05) is 0 Å². The molecule has 0 aliphatic carbocycles. The largest absolute Gasteiger partial charge is 0.495 e. The van der Waals surface area contributed by atoms with Crippen molar-refractivity contribution in [2.45, 2.75) is 11.3 Å². The molecule has 6 nitrogen and oxygen atoms in total. The van der Waals surface area contributed by atoms with E-state index in [2.05, 4.69) is 5.10 Å². The predicted octanol–water partition coefficient (Wildman–Crippen LogP) is 4.01. The minimum Gasteiger partial charge on any atom is -0.495 e. The number of aliphatic hydroxyl groups is 1. The van der Waals surface area contributed by atoms with Gasteiger partial charge in [-0.05, 0) is 30.7 Å². The van der Waals surface area contributed by atoms with Gasteiger partial charge in [0.2, 0.25) is 0 Å². The lowest BCUT2D eigenvalue weighted by molar-refractivity contribution is 0.295. The maximum atomic E-state index is 12.3. The lowest BCUT2D eigenvalue weighted by Crippen LogP contribution is -2.08. The fourth-order valence-corrected chi connectivity index (χ4v) is 4.41. The van der Waals surface area contributed by atoms with Crippen LogP contribution < -0.4 is 4.74 Å². The monoisotopic (exact) mass is 440 g/mol. The number of methoxy groups -OCH3 is 1. The third-order valence-electron chi connectivity index (χ3n) is 4.14. The average Bonchev–Trinajstić information content (AvgIpc) is 3.08. The highest BCUT2D eigenvalue weighted by atomic mass is 35.5. The predicted molar refractivity (Wildman–Crippen MR) is 109 cm³/mol. The summed E-state index contributed by atoms with van der Waals surface area (Å²) in [5.41, 5.74) is 2.13. The van der Waals surface area contributed by atoms with Crippen molar-refractivity contribution in [2.75, 3.05) is 19.5 Å². The summed E-state index contributed by atoms with van der Waals surface area (Å²) in [5, 5.41) is 13.9. The van der Waals surface area contributed by atoms with Gasteiger partial charge in [0.05, 0.1) is 34.2 Å². The van der Waals surface area contributed by atoms with Crippen molar-refractivity contribution in [2.24, 2.45) is 0 Å². The van der Waals surface area contributed by atoms with Gasteiger partial charge in [0.25, 0.3) is 0 Å². The van der Waals surface area contributed by atoms with E-state index in [1.165, 1.54) is 19.2 Å². The van der Waals surface area contributed by atoms with Crippen molar-refractivity contribution in [1.82, 2.24) is 9.78 Å². The zero-order valence-electron chi connectivity index (χ0n) is 15.0. The summed E-state index contributed by atoms with van der Waals surface area (Å²) in [6.07, 6.45) is 0.199. The van der Waals surface area contributed by atoms with Crippen molar-refractivity contribution >= 4 is 33.0 Å². The Morgan fingerprint density at radius 3 is 2.46 bits per heavy atom. The molecule has 0 saturated carbocycles. The minimum atomic E-state index is -3.43. The van der Waals surface area contributed by atoms with Crippen LogP contribution in [0.25, 0.3) is 16.9 Å². The molecule has 148 valence electrons. The molecule has 0 aliphatic rings. The van der Waals surface area contributed by atoms with Gasteiger partial charge in [-0.25, -0.2) is 13.1 Å². The van der Waals surface area contributed by atoms with Crippen molar-refractivity contribution in [3.05, 3.63) is 58.7 Å². The number of benzene rings is 2. The van der Waals surface area contributed by atoms with Gasteiger partial charge in [0, 0.05) is 24.3 Å². The van der Waals surface area contributed by atoms with E-state index in [4.69, 9.17) is 33.0 Å². The van der Waals surface area contributed by atoms with E-state index in [0.29, 0.717) is 27.3 Å². The Morgan fingerprint density at radius 1 is 1.11 bits per heavy atom. The van der Waals surface area contributed by atoms with E-state index < -0.39 is 9.84 Å². The van der Waals surface area contributed by atoms with Crippen molar-refractivity contribution < 1.29 is 18.3 Å². The van der Waals surface area contributed by atoms with Crippen molar-refractivity contribution in [3.63, 3.8) is 0 Å². The van der Waals surface area contributed by atoms with Crippen LogP contribution in [0.5, 0.6) is 5.75 Å². The summed E-state index contributed by atoms with van der Waals surface area (Å²) in [5.74, 6) is 0.402. The third kappa shape index (κ3) is 4.33. The smallest absolute Gasteiger partial charge is 0.178 e. The Hall–Kier alpha value is -2.06. The Morgan fingerprint density at radius 2 is 1.82 bits per heavy atom. The molecule has 1 heterocycles. The first-order valence-electron chi connectivity index (χ1n) is 8.39. The second-order valence-corrected chi connectivity index (χ2v) is 8.91. The molecule has 9 heteroatoms. The first kappa shape index (κ1) is 20.7. The van der Waals surface area contributed by atoms with E-state index >= 15 is 0 Å². The zero-order valence-corrected chi connectivity index (χ0v) is 17.3. The Bertz CT molecular complexity index is 1080. The van der Waals surface area contributed by atoms with Gasteiger partial charge in [-0.15, -0.1) is 0 Å². The molecule has 0 radical (unpaired) electrons. The summed E-state index contributed by atoms with van der Waals surface area (Å²) in [6.45, 7) is -0.167. The molecular formula is C19H18Cl2N2O4S. The molecule has 0 unspecified atom stereocenters. The van der Waals surface area contributed by atoms with Gasteiger partial charge >= 0.3 is 0 Å². The molecule has 3 aromatic rings. The fraction of sp³-hybridized carbons (Fsp3) is 0.211. The van der Waals surface area contributed by atoms with Crippen LogP contribution in [0.4, 0.5) is 0 Å². The summed E-state index contributed by atoms with van der Waals surface area (Å²) < 4.78 is 31.4. The van der Waals surface area contributed by atoms with Gasteiger partial charge < -0.3 is 9.84 Å². The van der Waals surface area contributed by atoms with Crippen LogP contribution in [0, 0.1) is 0 Å². The van der Waals surface area contributed by atoms with Crippen LogP contribution in [-0.4, -0.2) is 42.8 Å². The molecule has 0 saturated heterocycles. The summed E-state index contributed by atoms with van der Waals surface area (Å²) in [6, 6.07) is 13.4. The molecule has 2 aromatic carbocycles. The zero-order chi connectivity index (χ0) is 20.3. The molecule has 0 spiro atoms. The number of aromatic nitrogens is 2. The average molecular weight is 441 g/mol. The quantitative estimate of drug-likeness (QED) is 0.599. The maximum absolute atomic E-state index is 12.3. The van der Waals surface area contributed by atoms with Crippen LogP contribution in [0.2, 0.25) is 10.2 Å². The molecule has 28 heavy (non-hydrogen) atoms. The van der Waals surface area contributed by atoms with Gasteiger partial charge in [-0.2, -0.15) is 5.10 Å². The second kappa shape index (κ2) is 8.53. The van der Waals surface area contributed by atoms with Crippen molar-refractivity contribution in [3.8, 4) is 22.7 Å². The molecule has 0 atom stereocenters. The normalized spacial score (nSPS) is 11.6. The first-order valence-corrected chi connectivity index (χ1v) is 10.8. The van der Waals surface area contributed by atoms with Gasteiger partial charge in [0.15, 0.2) is 15.0 Å². The van der Waals surface area contributed by atoms with Crippen molar-refractivity contribution in [1.29, 1.82) is 0 Å². The molecule has 0 fully saturated rings. The van der Waals surface area contributed by atoms with Crippen LogP contribution in [0.1, 0.15) is 6.42 Å². The van der Waals surface area contributed by atoms with E-state index in [-0.39, 0.29) is 23.7 Å². The topological polar surface area (TPSA) is 81.4 Å². The number of nitrogens with zero attached hydrogens (tertiary/aromatic N) is 2. The summed E-state index contributed by atoms with van der Waals surface area (Å²) in [4.78, 5) is 0.204. The van der Waals surface area contributed by atoms with Crippen LogP contribution in [-0.2, 0) is 9.84 Å². The number of ether oxygens (including phenoxy) is 1. The molecule has 1 aromatic heterocycles. The number of aliphatic hydroxyl groups excluding tert-OH is 1. The van der Waals surface area contributed by atoms with Gasteiger partial charge in [0.1, 0.15) is 5.75 Å². The number of hydrogen-bond acceptors (Lipinski definition) is 5. The molecule has 1 N–H and O–H groups in total. The van der Waals surface area contributed by atoms with E-state index in [9.17, 15) is 8.42 Å². The molecule has 0 amide bonds. The summed E-state index contributed by atoms with van der Waals surface area (Å²) in [7, 11) is -1.91. The highest BCUT2D eigenvalue weighted by Gasteiger charge is 2.16. The van der Waals surface area contributed by atoms with Crippen LogP contribution in [0.3, 0.4) is 0 Å². The Labute approximate surface area is 173 Å². The summed E-state index contributed by atoms with van der Waals surface area (Å²) >= 11 is 12.2. The lowest BCUT2D eigenvalue weighted by atomic mass is 10.1. The first-order chi connectivity index (χ1) is 13.4. The molecule has 3 rings (SSSR count). The number of halogens is 2. The van der Waals surface area contributed by atoms with Gasteiger partial charge in [-0.3, -0.25) is 0 Å². The lowest BCUT2D eigenvalue weighted by Gasteiger charge is -2.11. The molecular weight excluding hydrogens is 423 g/mol. The number of sulfone groups is 1. The highest BCUT2D eigenvalue weighted by molar-refractivity contribution is 7.91. The Balaban J connectivity index is 2.00. The molecule has 0 aliphatic heterocycles. The fourth-order valence-electron chi connectivity index (χ4n) is 2.74. The standard InChI is InChI=1S/C19H18Cl2N2O4S/c1-27-18-11-14(5-8-16(18)20)23-17(12-19(21)22-23)13-3-6-15(7-4-13)28(25,26)10-2-9-24/h3-8,11-12,24H,2,9-10H2,1H3. The maximum Gasteiger partial charge on any atom is 0.178 e. The minimum absolute atomic E-state index is 0.100. The van der Waals surface area contributed by atoms with Gasteiger partial charge in [-0.1, -0.05) is 35.3 Å². The van der Waals surface area contributed by atoms with Crippen LogP contribution in [0.15, 0.2) is 53.4 Å². The second-order valence-electron chi connectivity index (χ2n) is 6.00. The van der Waals surface area contributed by atoms with E-state index in [1.54, 1.807) is 41.1 Å². The number of rotatable bonds is 7. The Kier molecular flexibility index (Phi) is 6.30. The molecule has 0 bridgehead atoms. The van der Waals surface area contributed by atoms with E-state index in [0.717, 1.165) is 5.56 Å². The third-order valence-corrected chi connectivity index (χ3v) is 6.45.